The number of hydrogen-bond donors (Lipinski definition) is 0. The standard InChI is InChI=1S/C17H14ClN/c1-12(13-7-3-2-4-8-13)15-11-14-9-5-6-10-16(14)19-17(15)18/h2-12H,1H3/t12-/m1/s1. The highest BCUT2D eigenvalue weighted by molar-refractivity contribution is 6.30. The van der Waals surface area contributed by atoms with Gasteiger partial charge in [-0.2, -0.15) is 0 Å². The smallest absolute Gasteiger partial charge is 0.133 e. The lowest BCUT2D eigenvalue weighted by molar-refractivity contribution is 0.917. The van der Waals surface area contributed by atoms with Crippen molar-refractivity contribution in [2.24, 2.45) is 0 Å². The third kappa shape index (κ3) is 2.34. The van der Waals surface area contributed by atoms with Gasteiger partial charge in [-0.25, -0.2) is 4.98 Å². The lowest BCUT2D eigenvalue weighted by atomic mass is 9.93. The van der Waals surface area contributed by atoms with Crippen molar-refractivity contribution in [1.29, 1.82) is 0 Å². The Kier molecular flexibility index (Phi) is 3.22. The van der Waals surface area contributed by atoms with Crippen molar-refractivity contribution in [3.05, 3.63) is 76.9 Å². The van der Waals surface area contributed by atoms with Crippen molar-refractivity contribution in [3.8, 4) is 0 Å². The van der Waals surface area contributed by atoms with E-state index in [0.29, 0.717) is 5.15 Å². The van der Waals surface area contributed by atoms with Crippen LogP contribution in [0.25, 0.3) is 10.9 Å². The van der Waals surface area contributed by atoms with Gasteiger partial charge in [-0.3, -0.25) is 0 Å². The predicted molar refractivity (Wildman–Crippen MR) is 80.7 cm³/mol. The van der Waals surface area contributed by atoms with Crippen LogP contribution in [0.2, 0.25) is 5.15 Å². The van der Waals surface area contributed by atoms with Gasteiger partial charge in [0.25, 0.3) is 0 Å². The second-order valence-corrected chi connectivity index (χ2v) is 5.05. The van der Waals surface area contributed by atoms with E-state index < -0.39 is 0 Å². The van der Waals surface area contributed by atoms with Gasteiger partial charge >= 0.3 is 0 Å². The van der Waals surface area contributed by atoms with Crippen LogP contribution in [0.3, 0.4) is 0 Å². The van der Waals surface area contributed by atoms with Crippen molar-refractivity contribution < 1.29 is 0 Å². The van der Waals surface area contributed by atoms with Gasteiger partial charge < -0.3 is 0 Å². The maximum atomic E-state index is 6.34. The van der Waals surface area contributed by atoms with Crippen LogP contribution < -0.4 is 0 Å². The van der Waals surface area contributed by atoms with Crippen LogP contribution in [0.4, 0.5) is 0 Å². The molecule has 0 fully saturated rings. The molecule has 0 saturated heterocycles. The molecule has 94 valence electrons. The summed E-state index contributed by atoms with van der Waals surface area (Å²) in [7, 11) is 0. The summed E-state index contributed by atoms with van der Waals surface area (Å²) in [4.78, 5) is 4.49. The Hall–Kier alpha value is -1.86. The molecule has 3 rings (SSSR count). The number of benzene rings is 2. The van der Waals surface area contributed by atoms with Crippen LogP contribution in [0, 0.1) is 0 Å². The Morgan fingerprint density at radius 2 is 1.63 bits per heavy atom. The van der Waals surface area contributed by atoms with Crippen LogP contribution in [0.5, 0.6) is 0 Å². The van der Waals surface area contributed by atoms with Crippen LogP contribution in [0.15, 0.2) is 60.7 Å². The molecule has 3 aromatic rings. The zero-order chi connectivity index (χ0) is 13.2. The lowest BCUT2D eigenvalue weighted by Gasteiger charge is -2.14. The Morgan fingerprint density at radius 3 is 2.42 bits per heavy atom. The van der Waals surface area contributed by atoms with E-state index in [1.807, 2.05) is 36.4 Å². The summed E-state index contributed by atoms with van der Waals surface area (Å²) in [5.41, 5.74) is 3.27. The van der Waals surface area contributed by atoms with Crippen molar-refractivity contribution in [1.82, 2.24) is 4.98 Å². The summed E-state index contributed by atoms with van der Waals surface area (Å²) in [6.07, 6.45) is 0. The van der Waals surface area contributed by atoms with E-state index in [4.69, 9.17) is 11.6 Å². The fourth-order valence-corrected chi connectivity index (χ4v) is 2.64. The molecule has 2 aromatic carbocycles. The topological polar surface area (TPSA) is 12.9 Å². The van der Waals surface area contributed by atoms with Gasteiger partial charge in [0.05, 0.1) is 5.52 Å². The van der Waals surface area contributed by atoms with E-state index in [2.05, 4.69) is 36.2 Å². The van der Waals surface area contributed by atoms with Crippen molar-refractivity contribution >= 4 is 22.5 Å². The number of hydrogen-bond acceptors (Lipinski definition) is 1. The monoisotopic (exact) mass is 267 g/mol. The average molecular weight is 268 g/mol. The third-order valence-corrected chi connectivity index (χ3v) is 3.77. The normalized spacial score (nSPS) is 12.5. The molecule has 2 heteroatoms. The Bertz CT molecular complexity index is 707. The summed E-state index contributed by atoms with van der Waals surface area (Å²) >= 11 is 6.34. The van der Waals surface area contributed by atoms with Crippen LogP contribution in [-0.4, -0.2) is 4.98 Å². The summed E-state index contributed by atoms with van der Waals surface area (Å²) < 4.78 is 0. The first kappa shape index (κ1) is 12.2. The minimum atomic E-state index is 0.241. The quantitative estimate of drug-likeness (QED) is 0.593. The molecule has 0 amide bonds. The van der Waals surface area contributed by atoms with Gasteiger partial charge in [0, 0.05) is 11.3 Å². The zero-order valence-electron chi connectivity index (χ0n) is 10.7. The molecular weight excluding hydrogens is 254 g/mol. The second kappa shape index (κ2) is 5.02. The summed E-state index contributed by atoms with van der Waals surface area (Å²) in [5.74, 6) is 0.241. The van der Waals surface area contributed by atoms with E-state index in [0.717, 1.165) is 16.5 Å². The minimum absolute atomic E-state index is 0.241. The Morgan fingerprint density at radius 1 is 0.947 bits per heavy atom. The molecule has 1 atom stereocenters. The van der Waals surface area contributed by atoms with Crippen molar-refractivity contribution in [2.45, 2.75) is 12.8 Å². The van der Waals surface area contributed by atoms with Crippen LogP contribution in [-0.2, 0) is 0 Å². The van der Waals surface area contributed by atoms with Gasteiger partial charge in [0.1, 0.15) is 5.15 Å². The molecule has 1 aromatic heterocycles. The van der Waals surface area contributed by atoms with E-state index in [1.165, 1.54) is 5.56 Å². The van der Waals surface area contributed by atoms with E-state index in [1.54, 1.807) is 0 Å². The Labute approximate surface area is 117 Å². The molecule has 0 saturated carbocycles. The first-order valence-corrected chi connectivity index (χ1v) is 6.73. The number of aromatic nitrogens is 1. The fraction of sp³-hybridized carbons (Fsp3) is 0.118. The molecule has 1 heterocycles. The highest BCUT2D eigenvalue weighted by atomic mass is 35.5. The molecule has 0 N–H and O–H groups in total. The van der Waals surface area contributed by atoms with Gasteiger partial charge in [0.15, 0.2) is 0 Å². The van der Waals surface area contributed by atoms with Gasteiger partial charge in [-0.05, 0) is 23.3 Å². The largest absolute Gasteiger partial charge is 0.236 e. The Balaban J connectivity index is 2.12. The molecule has 0 radical (unpaired) electrons. The number of fused-ring (bicyclic) bond motifs is 1. The molecule has 0 aliphatic heterocycles. The van der Waals surface area contributed by atoms with Gasteiger partial charge in [-0.1, -0.05) is 67.1 Å². The molecule has 0 aliphatic carbocycles. The second-order valence-electron chi connectivity index (χ2n) is 4.69. The molecule has 0 bridgehead atoms. The number of halogens is 1. The zero-order valence-corrected chi connectivity index (χ0v) is 11.4. The molecule has 0 spiro atoms. The van der Waals surface area contributed by atoms with Crippen LogP contribution in [0.1, 0.15) is 24.0 Å². The number of pyridine rings is 1. The number of rotatable bonds is 2. The van der Waals surface area contributed by atoms with Gasteiger partial charge in [-0.15, -0.1) is 0 Å². The highest BCUT2D eigenvalue weighted by Gasteiger charge is 2.13. The fourth-order valence-electron chi connectivity index (χ4n) is 2.33. The lowest BCUT2D eigenvalue weighted by Crippen LogP contribution is -1.98. The van der Waals surface area contributed by atoms with Crippen LogP contribution >= 0.6 is 11.6 Å². The highest BCUT2D eigenvalue weighted by Crippen LogP contribution is 2.31. The minimum Gasteiger partial charge on any atom is -0.236 e. The first-order valence-electron chi connectivity index (χ1n) is 6.36. The maximum absolute atomic E-state index is 6.34. The average Bonchev–Trinajstić information content (AvgIpc) is 2.47. The van der Waals surface area contributed by atoms with Crippen molar-refractivity contribution in [3.63, 3.8) is 0 Å². The molecule has 0 aliphatic rings. The molecular formula is C17H14ClN. The molecule has 19 heavy (non-hydrogen) atoms. The van der Waals surface area contributed by atoms with Crippen molar-refractivity contribution in [2.75, 3.05) is 0 Å². The van der Waals surface area contributed by atoms with E-state index in [-0.39, 0.29) is 5.92 Å². The predicted octanol–water partition coefficient (Wildman–Crippen LogP) is 5.04. The van der Waals surface area contributed by atoms with Gasteiger partial charge in [0.2, 0.25) is 0 Å². The number of para-hydroxylation sites is 1. The summed E-state index contributed by atoms with van der Waals surface area (Å²) in [6.45, 7) is 2.16. The maximum Gasteiger partial charge on any atom is 0.133 e. The number of nitrogens with zero attached hydrogens (tertiary/aromatic N) is 1. The molecule has 0 unspecified atom stereocenters. The first-order chi connectivity index (χ1) is 9.25. The molecule has 1 nitrogen and oxygen atoms in total. The third-order valence-electron chi connectivity index (χ3n) is 3.47. The summed E-state index contributed by atoms with van der Waals surface area (Å²) in [6, 6.07) is 20.6. The summed E-state index contributed by atoms with van der Waals surface area (Å²) in [5, 5.41) is 1.72. The van der Waals surface area contributed by atoms with E-state index >= 15 is 0 Å². The van der Waals surface area contributed by atoms with E-state index in [9.17, 15) is 0 Å². The SMILES string of the molecule is C[C@H](c1ccccc1)c1cc2ccccc2nc1Cl.